The topological polar surface area (TPSA) is 75.6 Å². The Morgan fingerprint density at radius 3 is 2.61 bits per heavy atom. The van der Waals surface area contributed by atoms with Crippen molar-refractivity contribution in [3.05, 3.63) is 22.4 Å². The summed E-state index contributed by atoms with van der Waals surface area (Å²) < 4.78 is 5.03. The van der Waals surface area contributed by atoms with Crippen molar-refractivity contribution < 1.29 is 19.4 Å². The summed E-state index contributed by atoms with van der Waals surface area (Å²) in [5.74, 6) is -1.07. The fraction of sp³-hybridized carbons (Fsp3) is 0.500. The van der Waals surface area contributed by atoms with Gasteiger partial charge in [-0.25, -0.2) is 9.59 Å². The van der Waals surface area contributed by atoms with Gasteiger partial charge in [0.2, 0.25) is 0 Å². The number of rotatable bonds is 4. The van der Waals surface area contributed by atoms with E-state index in [4.69, 9.17) is 9.84 Å². The van der Waals surface area contributed by atoms with Crippen molar-refractivity contribution in [1.29, 1.82) is 0 Å². The average molecular weight is 271 g/mol. The smallest absolute Gasteiger partial charge is 0.408 e. The fourth-order valence-electron chi connectivity index (χ4n) is 1.28. The van der Waals surface area contributed by atoms with E-state index >= 15 is 0 Å². The second kappa shape index (κ2) is 5.86. The standard InChI is InChI=1S/C12H17NO4S/c1-12(2,3)17-11(16)13-9(10(14)15)7-8-5-4-6-18-8/h4-6,9H,7H2,1-3H3,(H,13,16)(H,14,15). The first-order chi connectivity index (χ1) is 8.28. The Balaban J connectivity index is 2.58. The van der Waals surface area contributed by atoms with E-state index in [0.29, 0.717) is 0 Å². The van der Waals surface area contributed by atoms with Crippen LogP contribution < -0.4 is 5.32 Å². The lowest BCUT2D eigenvalue weighted by Crippen LogP contribution is -2.44. The maximum atomic E-state index is 11.5. The lowest BCUT2D eigenvalue weighted by molar-refractivity contribution is -0.139. The van der Waals surface area contributed by atoms with Gasteiger partial charge in [0.1, 0.15) is 11.6 Å². The number of carboxylic acid groups (broad SMARTS) is 1. The van der Waals surface area contributed by atoms with E-state index in [1.165, 1.54) is 11.3 Å². The molecule has 1 aromatic rings. The molecule has 1 rings (SSSR count). The second-order valence-corrected chi connectivity index (χ2v) is 5.85. The van der Waals surface area contributed by atoms with Gasteiger partial charge in [-0.05, 0) is 32.2 Å². The maximum absolute atomic E-state index is 11.5. The van der Waals surface area contributed by atoms with Crippen molar-refractivity contribution in [2.24, 2.45) is 0 Å². The quantitative estimate of drug-likeness (QED) is 0.880. The van der Waals surface area contributed by atoms with E-state index in [2.05, 4.69) is 5.32 Å². The Morgan fingerprint density at radius 1 is 1.50 bits per heavy atom. The summed E-state index contributed by atoms with van der Waals surface area (Å²) in [4.78, 5) is 23.5. The molecule has 0 saturated heterocycles. The lowest BCUT2D eigenvalue weighted by Gasteiger charge is -2.21. The molecule has 0 spiro atoms. The van der Waals surface area contributed by atoms with Crippen LogP contribution in [0.5, 0.6) is 0 Å². The third-order valence-electron chi connectivity index (χ3n) is 1.97. The summed E-state index contributed by atoms with van der Waals surface area (Å²) in [5, 5.41) is 13.3. The molecule has 0 aromatic carbocycles. The van der Waals surface area contributed by atoms with Crippen molar-refractivity contribution in [1.82, 2.24) is 5.32 Å². The normalized spacial score (nSPS) is 12.8. The molecule has 1 amide bonds. The number of hydrogen-bond donors (Lipinski definition) is 2. The number of nitrogens with one attached hydrogen (secondary N) is 1. The number of ether oxygens (including phenoxy) is 1. The molecule has 0 saturated carbocycles. The minimum Gasteiger partial charge on any atom is -0.480 e. The van der Waals surface area contributed by atoms with Crippen LogP contribution in [-0.4, -0.2) is 28.8 Å². The Morgan fingerprint density at radius 2 is 2.17 bits per heavy atom. The second-order valence-electron chi connectivity index (χ2n) is 4.82. The highest BCUT2D eigenvalue weighted by Crippen LogP contribution is 2.12. The van der Waals surface area contributed by atoms with Gasteiger partial charge in [-0.1, -0.05) is 6.07 Å². The van der Waals surface area contributed by atoms with Crippen LogP contribution in [0.1, 0.15) is 25.6 Å². The van der Waals surface area contributed by atoms with Gasteiger partial charge < -0.3 is 15.2 Å². The highest BCUT2D eigenvalue weighted by Gasteiger charge is 2.24. The largest absolute Gasteiger partial charge is 0.480 e. The lowest BCUT2D eigenvalue weighted by atomic mass is 10.2. The number of carbonyl (C=O) groups excluding carboxylic acids is 1. The van der Waals surface area contributed by atoms with Crippen LogP contribution in [0.15, 0.2) is 17.5 Å². The predicted molar refractivity (Wildman–Crippen MR) is 68.8 cm³/mol. The Labute approximate surface area is 110 Å². The Kier molecular flexibility index (Phi) is 4.72. The molecule has 2 N–H and O–H groups in total. The van der Waals surface area contributed by atoms with Gasteiger partial charge in [-0.2, -0.15) is 0 Å². The number of thiophene rings is 1. The average Bonchev–Trinajstić information content (AvgIpc) is 2.66. The van der Waals surface area contributed by atoms with E-state index in [9.17, 15) is 9.59 Å². The molecule has 100 valence electrons. The van der Waals surface area contributed by atoms with Crippen molar-refractivity contribution >= 4 is 23.4 Å². The van der Waals surface area contributed by atoms with Gasteiger partial charge in [0.05, 0.1) is 0 Å². The molecule has 1 atom stereocenters. The van der Waals surface area contributed by atoms with Gasteiger partial charge in [-0.3, -0.25) is 0 Å². The molecule has 6 heteroatoms. The first kappa shape index (κ1) is 14.5. The van der Waals surface area contributed by atoms with Crippen LogP contribution in [-0.2, 0) is 16.0 Å². The maximum Gasteiger partial charge on any atom is 0.408 e. The Hall–Kier alpha value is -1.56. The van der Waals surface area contributed by atoms with E-state index in [0.717, 1.165) is 4.88 Å². The highest BCUT2D eigenvalue weighted by atomic mass is 32.1. The molecule has 1 heterocycles. The van der Waals surface area contributed by atoms with Crippen LogP contribution in [0.3, 0.4) is 0 Å². The zero-order valence-corrected chi connectivity index (χ0v) is 11.4. The van der Waals surface area contributed by atoms with E-state index in [1.54, 1.807) is 20.8 Å². The number of carbonyl (C=O) groups is 2. The van der Waals surface area contributed by atoms with Gasteiger partial charge in [0, 0.05) is 11.3 Å². The van der Waals surface area contributed by atoms with E-state index in [-0.39, 0.29) is 6.42 Å². The zero-order chi connectivity index (χ0) is 13.8. The molecule has 0 aliphatic heterocycles. The SMILES string of the molecule is CC(C)(C)OC(=O)NC(Cc1cccs1)C(=O)O. The third-order valence-corrected chi connectivity index (χ3v) is 2.87. The third kappa shape index (κ3) is 5.18. The number of aliphatic carboxylic acids is 1. The monoisotopic (exact) mass is 271 g/mol. The van der Waals surface area contributed by atoms with E-state index in [1.807, 2.05) is 17.5 Å². The summed E-state index contributed by atoms with van der Waals surface area (Å²) in [5.41, 5.74) is -0.643. The number of carboxylic acids is 1. The van der Waals surface area contributed by atoms with Crippen molar-refractivity contribution in [3.63, 3.8) is 0 Å². The predicted octanol–water partition coefficient (Wildman–Crippen LogP) is 2.27. The number of alkyl carbamates (subject to hydrolysis) is 1. The molecular weight excluding hydrogens is 254 g/mol. The molecule has 18 heavy (non-hydrogen) atoms. The van der Waals surface area contributed by atoms with Gasteiger partial charge >= 0.3 is 12.1 Å². The summed E-state index contributed by atoms with van der Waals surface area (Å²) >= 11 is 1.45. The van der Waals surface area contributed by atoms with Crippen molar-refractivity contribution in [2.75, 3.05) is 0 Å². The number of amides is 1. The van der Waals surface area contributed by atoms with Crippen LogP contribution in [0.25, 0.3) is 0 Å². The molecule has 0 aliphatic carbocycles. The first-order valence-electron chi connectivity index (χ1n) is 5.52. The zero-order valence-electron chi connectivity index (χ0n) is 10.6. The summed E-state index contributed by atoms with van der Waals surface area (Å²) in [6.45, 7) is 5.17. The van der Waals surface area contributed by atoms with Crippen LogP contribution in [0.2, 0.25) is 0 Å². The summed E-state index contributed by atoms with van der Waals surface area (Å²) in [6.07, 6.45) is -0.460. The number of hydrogen-bond acceptors (Lipinski definition) is 4. The van der Waals surface area contributed by atoms with Crippen molar-refractivity contribution in [3.8, 4) is 0 Å². The van der Waals surface area contributed by atoms with Crippen LogP contribution in [0, 0.1) is 0 Å². The minimum atomic E-state index is -1.07. The fourth-order valence-corrected chi connectivity index (χ4v) is 2.03. The van der Waals surface area contributed by atoms with E-state index < -0.39 is 23.7 Å². The van der Waals surface area contributed by atoms with Crippen LogP contribution in [0.4, 0.5) is 4.79 Å². The molecule has 1 unspecified atom stereocenters. The Bertz CT molecular complexity index is 408. The highest BCUT2D eigenvalue weighted by molar-refractivity contribution is 7.09. The molecule has 0 aliphatic rings. The molecular formula is C12H17NO4S. The molecule has 1 aromatic heterocycles. The molecule has 5 nitrogen and oxygen atoms in total. The molecule has 0 bridgehead atoms. The summed E-state index contributed by atoms with van der Waals surface area (Å²) in [7, 11) is 0. The van der Waals surface area contributed by atoms with Crippen molar-refractivity contribution in [2.45, 2.75) is 38.8 Å². The minimum absolute atomic E-state index is 0.256. The molecule has 0 radical (unpaired) electrons. The van der Waals surface area contributed by atoms with Gasteiger partial charge in [0.15, 0.2) is 0 Å². The van der Waals surface area contributed by atoms with Gasteiger partial charge in [-0.15, -0.1) is 11.3 Å². The van der Waals surface area contributed by atoms with Crippen LogP contribution >= 0.6 is 11.3 Å². The first-order valence-corrected chi connectivity index (χ1v) is 6.40. The molecule has 0 fully saturated rings. The summed E-state index contributed by atoms with van der Waals surface area (Å²) in [6, 6.07) is 2.70. The van der Waals surface area contributed by atoms with Gasteiger partial charge in [0.25, 0.3) is 0 Å².